The summed E-state index contributed by atoms with van der Waals surface area (Å²) in [6, 6.07) is 14.5. The second-order valence-electron chi connectivity index (χ2n) is 6.88. The molecule has 1 N–H and O–H groups in total. The number of carbonyl (C=O) groups is 2. The lowest BCUT2D eigenvalue weighted by atomic mass is 10.1. The molecule has 2 aromatic carbocycles. The van der Waals surface area contributed by atoms with Gasteiger partial charge in [0.25, 0.3) is 0 Å². The zero-order chi connectivity index (χ0) is 20.4. The molecule has 0 atom stereocenters. The second-order valence-corrected chi connectivity index (χ2v) is 7.31. The third kappa shape index (κ3) is 4.49. The SMILES string of the molecule is COC(=O)COc1cc(-c2cccc(Cl)c2)nc2ccc(NC(=O)C3CC3)cc12. The third-order valence-electron chi connectivity index (χ3n) is 4.68. The molecule has 1 fully saturated rings. The molecule has 6 nitrogen and oxygen atoms in total. The first kappa shape index (κ1) is 19.2. The van der Waals surface area contributed by atoms with E-state index in [4.69, 9.17) is 21.3 Å². The van der Waals surface area contributed by atoms with E-state index in [-0.39, 0.29) is 18.4 Å². The van der Waals surface area contributed by atoms with Gasteiger partial charge in [0.05, 0.1) is 18.3 Å². The fourth-order valence-corrected chi connectivity index (χ4v) is 3.16. The van der Waals surface area contributed by atoms with Gasteiger partial charge in [-0.05, 0) is 43.2 Å². The maximum absolute atomic E-state index is 12.1. The summed E-state index contributed by atoms with van der Waals surface area (Å²) in [5, 5.41) is 4.21. The molecule has 0 spiro atoms. The van der Waals surface area contributed by atoms with Crippen LogP contribution in [0.1, 0.15) is 12.8 Å². The van der Waals surface area contributed by atoms with Gasteiger partial charge in [-0.3, -0.25) is 4.79 Å². The summed E-state index contributed by atoms with van der Waals surface area (Å²) in [5.41, 5.74) is 2.82. The van der Waals surface area contributed by atoms with E-state index in [1.165, 1.54) is 7.11 Å². The number of hydrogen-bond donors (Lipinski definition) is 1. The fraction of sp³-hybridized carbons (Fsp3) is 0.227. The maximum atomic E-state index is 12.1. The van der Waals surface area contributed by atoms with Gasteiger partial charge in [-0.25, -0.2) is 9.78 Å². The molecule has 0 radical (unpaired) electrons. The third-order valence-corrected chi connectivity index (χ3v) is 4.92. The Bertz CT molecular complexity index is 1100. The van der Waals surface area contributed by atoms with Crippen LogP contribution >= 0.6 is 11.6 Å². The highest BCUT2D eigenvalue weighted by Gasteiger charge is 2.29. The van der Waals surface area contributed by atoms with Crippen molar-refractivity contribution in [2.45, 2.75) is 12.8 Å². The highest BCUT2D eigenvalue weighted by atomic mass is 35.5. The highest BCUT2D eigenvalue weighted by molar-refractivity contribution is 6.30. The van der Waals surface area contributed by atoms with Crippen LogP contribution in [-0.2, 0) is 14.3 Å². The van der Waals surface area contributed by atoms with Gasteiger partial charge >= 0.3 is 5.97 Å². The maximum Gasteiger partial charge on any atom is 0.343 e. The molecular formula is C22H19ClN2O4. The van der Waals surface area contributed by atoms with Gasteiger partial charge in [-0.2, -0.15) is 0 Å². The summed E-state index contributed by atoms with van der Waals surface area (Å²) in [6.07, 6.45) is 1.86. The molecule has 1 amide bonds. The van der Waals surface area contributed by atoms with Crippen LogP contribution in [0.3, 0.4) is 0 Å². The lowest BCUT2D eigenvalue weighted by Crippen LogP contribution is -2.14. The van der Waals surface area contributed by atoms with Crippen LogP contribution in [0.4, 0.5) is 5.69 Å². The van der Waals surface area contributed by atoms with Gasteiger partial charge in [0, 0.05) is 33.6 Å². The minimum absolute atomic E-state index is 0.0184. The van der Waals surface area contributed by atoms with Crippen molar-refractivity contribution in [1.82, 2.24) is 4.98 Å². The molecule has 29 heavy (non-hydrogen) atoms. The number of fused-ring (bicyclic) bond motifs is 1. The minimum atomic E-state index is -0.488. The molecule has 1 aliphatic rings. The van der Waals surface area contributed by atoms with E-state index in [9.17, 15) is 9.59 Å². The average molecular weight is 411 g/mol. The quantitative estimate of drug-likeness (QED) is 0.607. The molecule has 148 valence electrons. The van der Waals surface area contributed by atoms with Crippen molar-refractivity contribution < 1.29 is 19.1 Å². The minimum Gasteiger partial charge on any atom is -0.481 e. The number of nitrogens with one attached hydrogen (secondary N) is 1. The van der Waals surface area contributed by atoms with Gasteiger partial charge in [-0.1, -0.05) is 23.7 Å². The summed E-state index contributed by atoms with van der Waals surface area (Å²) in [7, 11) is 1.30. The second kappa shape index (κ2) is 8.09. The molecule has 1 saturated carbocycles. The number of esters is 1. The summed E-state index contributed by atoms with van der Waals surface area (Å²) in [6.45, 7) is -0.233. The van der Waals surface area contributed by atoms with Gasteiger partial charge in [0.2, 0.25) is 5.91 Å². The van der Waals surface area contributed by atoms with E-state index in [1.54, 1.807) is 24.3 Å². The first-order valence-corrected chi connectivity index (χ1v) is 9.62. The van der Waals surface area contributed by atoms with Gasteiger partial charge in [0.15, 0.2) is 6.61 Å². The number of amides is 1. The number of pyridine rings is 1. The molecule has 0 unspecified atom stereocenters. The summed E-state index contributed by atoms with van der Waals surface area (Å²) < 4.78 is 10.4. The standard InChI is InChI=1S/C22H19ClN2O4/c1-28-21(26)12-29-20-11-19(14-3-2-4-15(23)9-14)25-18-8-7-16(10-17(18)20)24-22(27)13-5-6-13/h2-4,7-11,13H,5-6,12H2,1H3,(H,24,27). The fourth-order valence-electron chi connectivity index (χ4n) is 2.97. The Morgan fingerprint density at radius 1 is 1.17 bits per heavy atom. The lowest BCUT2D eigenvalue weighted by Gasteiger charge is -2.13. The number of carbonyl (C=O) groups excluding carboxylic acids is 2. The summed E-state index contributed by atoms with van der Waals surface area (Å²) in [5.74, 6) is 0.101. The Hall–Kier alpha value is -3.12. The zero-order valence-electron chi connectivity index (χ0n) is 15.8. The topological polar surface area (TPSA) is 77.5 Å². The van der Waals surface area contributed by atoms with Crippen molar-refractivity contribution in [3.05, 3.63) is 53.6 Å². The predicted octanol–water partition coefficient (Wildman–Crippen LogP) is 4.46. The smallest absolute Gasteiger partial charge is 0.343 e. The molecule has 0 aliphatic heterocycles. The van der Waals surface area contributed by atoms with Gasteiger partial charge in [0.1, 0.15) is 5.75 Å². The number of aromatic nitrogens is 1. The molecule has 7 heteroatoms. The molecule has 0 bridgehead atoms. The van der Waals surface area contributed by atoms with E-state index in [0.717, 1.165) is 18.4 Å². The number of anilines is 1. The van der Waals surface area contributed by atoms with E-state index >= 15 is 0 Å². The van der Waals surface area contributed by atoms with E-state index in [1.807, 2.05) is 24.3 Å². The van der Waals surface area contributed by atoms with Gasteiger partial charge < -0.3 is 14.8 Å². The van der Waals surface area contributed by atoms with E-state index in [2.05, 4.69) is 10.1 Å². The number of benzene rings is 2. The van der Waals surface area contributed by atoms with Crippen LogP contribution in [0.25, 0.3) is 22.2 Å². The highest BCUT2D eigenvalue weighted by Crippen LogP contribution is 2.34. The largest absolute Gasteiger partial charge is 0.481 e. The number of nitrogens with zero attached hydrogens (tertiary/aromatic N) is 1. The van der Waals surface area contributed by atoms with Crippen molar-refractivity contribution in [3.63, 3.8) is 0 Å². The molecule has 0 saturated heterocycles. The average Bonchev–Trinajstić information content (AvgIpc) is 3.57. The number of hydrogen-bond acceptors (Lipinski definition) is 5. The number of halogens is 1. The zero-order valence-corrected chi connectivity index (χ0v) is 16.5. The first-order valence-electron chi connectivity index (χ1n) is 9.25. The molecule has 3 aromatic rings. The van der Waals surface area contributed by atoms with Crippen molar-refractivity contribution >= 4 is 40.1 Å². The molecule has 1 aromatic heterocycles. The van der Waals surface area contributed by atoms with Crippen molar-refractivity contribution in [2.24, 2.45) is 5.92 Å². The lowest BCUT2D eigenvalue weighted by molar-refractivity contribution is -0.142. The van der Waals surface area contributed by atoms with Crippen LogP contribution in [0, 0.1) is 5.92 Å². The summed E-state index contributed by atoms with van der Waals surface area (Å²) in [4.78, 5) is 28.4. The Labute approximate surface area is 172 Å². The van der Waals surface area contributed by atoms with Crippen LogP contribution in [0.15, 0.2) is 48.5 Å². The van der Waals surface area contributed by atoms with Crippen molar-refractivity contribution in [2.75, 3.05) is 19.0 Å². The first-order chi connectivity index (χ1) is 14.0. The monoisotopic (exact) mass is 410 g/mol. The van der Waals surface area contributed by atoms with E-state index in [0.29, 0.717) is 33.1 Å². The van der Waals surface area contributed by atoms with E-state index < -0.39 is 5.97 Å². The number of ether oxygens (including phenoxy) is 2. The Balaban J connectivity index is 1.74. The number of rotatable bonds is 6. The Kier molecular flexibility index (Phi) is 5.36. The predicted molar refractivity (Wildman–Crippen MR) is 111 cm³/mol. The summed E-state index contributed by atoms with van der Waals surface area (Å²) >= 11 is 6.11. The van der Waals surface area contributed by atoms with Crippen LogP contribution < -0.4 is 10.1 Å². The van der Waals surface area contributed by atoms with Crippen LogP contribution in [0.5, 0.6) is 5.75 Å². The normalized spacial score (nSPS) is 13.2. The molecule has 1 heterocycles. The van der Waals surface area contributed by atoms with Crippen molar-refractivity contribution in [1.29, 1.82) is 0 Å². The Morgan fingerprint density at radius 3 is 2.72 bits per heavy atom. The van der Waals surface area contributed by atoms with Gasteiger partial charge in [-0.15, -0.1) is 0 Å². The van der Waals surface area contributed by atoms with Crippen molar-refractivity contribution in [3.8, 4) is 17.0 Å². The number of methoxy groups -OCH3 is 1. The van der Waals surface area contributed by atoms with Crippen LogP contribution in [0.2, 0.25) is 5.02 Å². The Morgan fingerprint density at radius 2 is 2.00 bits per heavy atom. The molecule has 4 rings (SSSR count). The van der Waals surface area contributed by atoms with Crippen LogP contribution in [-0.4, -0.2) is 30.6 Å². The molecular weight excluding hydrogens is 392 g/mol. The molecule has 1 aliphatic carbocycles.